The minimum atomic E-state index is -0.311. The number of aryl methyl sites for hydroxylation is 1. The predicted molar refractivity (Wildman–Crippen MR) is 44.6 cm³/mol. The van der Waals surface area contributed by atoms with Crippen LogP contribution in [0.25, 0.3) is 0 Å². The minimum Gasteiger partial charge on any atom is -0.311 e. The molecule has 0 saturated heterocycles. The molecule has 0 aliphatic heterocycles. The van der Waals surface area contributed by atoms with Gasteiger partial charge in [-0.15, -0.1) is 0 Å². The number of rotatable bonds is 4. The molecule has 0 aromatic carbocycles. The van der Waals surface area contributed by atoms with Crippen LogP contribution in [0.4, 0.5) is 0 Å². The van der Waals surface area contributed by atoms with E-state index in [0.717, 1.165) is 18.7 Å². The van der Waals surface area contributed by atoms with E-state index in [9.17, 15) is 4.79 Å². The van der Waals surface area contributed by atoms with E-state index in [1.807, 2.05) is 13.8 Å². The summed E-state index contributed by atoms with van der Waals surface area (Å²) in [5.41, 5.74) is 0. The first-order chi connectivity index (χ1) is 5.79. The quantitative estimate of drug-likeness (QED) is 0.654. The molecular weight excluding hydrogens is 154 g/mol. The molecule has 1 aromatic heterocycles. The van der Waals surface area contributed by atoms with Crippen molar-refractivity contribution in [3.05, 3.63) is 18.2 Å². The molecule has 1 atom stereocenters. The van der Waals surface area contributed by atoms with Crippen LogP contribution < -0.4 is 5.32 Å². The summed E-state index contributed by atoms with van der Waals surface area (Å²) in [5, 5.41) is 3.01. The van der Waals surface area contributed by atoms with E-state index >= 15 is 0 Å². The highest BCUT2D eigenvalue weighted by Gasteiger charge is 2.08. The van der Waals surface area contributed by atoms with E-state index in [-0.39, 0.29) is 6.17 Å². The number of nitrogens with one attached hydrogen (secondary N) is 1. The van der Waals surface area contributed by atoms with Crippen molar-refractivity contribution in [1.82, 2.24) is 14.9 Å². The maximum absolute atomic E-state index is 10.6. The van der Waals surface area contributed by atoms with Gasteiger partial charge in [-0.3, -0.25) is 10.1 Å². The fraction of sp³-hybridized carbons (Fsp3) is 0.500. The molecule has 4 nitrogen and oxygen atoms in total. The van der Waals surface area contributed by atoms with Gasteiger partial charge in [0.25, 0.3) is 0 Å². The molecule has 1 aromatic rings. The fourth-order valence-electron chi connectivity index (χ4n) is 1.04. The molecule has 12 heavy (non-hydrogen) atoms. The van der Waals surface area contributed by atoms with Crippen molar-refractivity contribution < 1.29 is 4.79 Å². The van der Waals surface area contributed by atoms with Crippen molar-refractivity contribution in [2.24, 2.45) is 0 Å². The second-order valence-corrected chi connectivity index (χ2v) is 2.46. The van der Waals surface area contributed by atoms with Gasteiger partial charge in [0, 0.05) is 6.20 Å². The Bertz CT molecular complexity index is 257. The van der Waals surface area contributed by atoms with Crippen molar-refractivity contribution in [3.8, 4) is 0 Å². The summed E-state index contributed by atoms with van der Waals surface area (Å²) in [6, 6.07) is 0. The Morgan fingerprint density at radius 3 is 3.08 bits per heavy atom. The zero-order valence-electron chi connectivity index (χ0n) is 7.24. The molecule has 1 heterocycles. The number of carbonyl (C=O) groups is 1. The van der Waals surface area contributed by atoms with Crippen LogP contribution in [0.2, 0.25) is 0 Å². The lowest BCUT2D eigenvalue weighted by Gasteiger charge is -2.13. The zero-order valence-corrected chi connectivity index (χ0v) is 7.24. The van der Waals surface area contributed by atoms with Gasteiger partial charge >= 0.3 is 0 Å². The molecule has 0 aliphatic rings. The molecule has 1 N–H and O–H groups in total. The monoisotopic (exact) mass is 166 g/mol. The van der Waals surface area contributed by atoms with Crippen LogP contribution in [-0.4, -0.2) is 22.4 Å². The van der Waals surface area contributed by atoms with Crippen molar-refractivity contribution in [1.29, 1.82) is 0 Å². The summed E-state index contributed by atoms with van der Waals surface area (Å²) in [7, 11) is 0. The van der Waals surface area contributed by atoms with Crippen LogP contribution in [0, 0.1) is 13.1 Å². The third-order valence-electron chi connectivity index (χ3n) is 1.64. The first-order valence-electron chi connectivity index (χ1n) is 3.89. The molecule has 65 valence electrons. The maximum Gasteiger partial charge on any atom is 0.157 e. The van der Waals surface area contributed by atoms with Crippen molar-refractivity contribution in [3.63, 3.8) is 0 Å². The van der Waals surface area contributed by atoms with Gasteiger partial charge in [-0.1, -0.05) is 6.92 Å². The molecule has 0 bridgehead atoms. The molecule has 1 radical (unpaired) electrons. The summed E-state index contributed by atoms with van der Waals surface area (Å²) in [4.78, 5) is 14.5. The standard InChI is InChI=1S/C8H12N3O/c1-3-9-8(6-12)11-5-4-10-7(11)2/h5-6,8-9H,3H2,1-2H3. The number of aldehydes is 1. The number of hydrogen-bond donors (Lipinski definition) is 1. The number of likely N-dealkylation sites (N-methyl/N-ethyl adjacent to an activating group) is 1. The number of imidazole rings is 1. The summed E-state index contributed by atoms with van der Waals surface area (Å²) in [6.07, 6.45) is 4.89. The van der Waals surface area contributed by atoms with Crippen LogP contribution in [0.15, 0.2) is 6.20 Å². The Morgan fingerprint density at radius 1 is 1.92 bits per heavy atom. The van der Waals surface area contributed by atoms with Gasteiger partial charge in [-0.25, -0.2) is 4.98 Å². The number of nitrogens with zero attached hydrogens (tertiary/aromatic N) is 2. The van der Waals surface area contributed by atoms with Crippen LogP contribution >= 0.6 is 0 Å². The highest BCUT2D eigenvalue weighted by Crippen LogP contribution is 2.02. The number of hydrogen-bond acceptors (Lipinski definition) is 3. The topological polar surface area (TPSA) is 46.9 Å². The molecule has 0 aliphatic carbocycles. The SMILES string of the molecule is CCNC(C=O)n1c[c]nc1C. The molecule has 0 spiro atoms. The van der Waals surface area contributed by atoms with E-state index in [2.05, 4.69) is 16.5 Å². The summed E-state index contributed by atoms with van der Waals surface area (Å²) in [5.74, 6) is 0.785. The van der Waals surface area contributed by atoms with Gasteiger partial charge in [-0.2, -0.15) is 0 Å². The lowest BCUT2D eigenvalue weighted by Crippen LogP contribution is -2.27. The normalized spacial score (nSPS) is 12.8. The lowest BCUT2D eigenvalue weighted by molar-refractivity contribution is -0.111. The van der Waals surface area contributed by atoms with E-state index in [1.165, 1.54) is 0 Å². The largest absolute Gasteiger partial charge is 0.311 e. The molecule has 4 heteroatoms. The van der Waals surface area contributed by atoms with Gasteiger partial charge < -0.3 is 4.57 Å². The zero-order chi connectivity index (χ0) is 8.97. The first kappa shape index (κ1) is 8.93. The van der Waals surface area contributed by atoms with Crippen LogP contribution in [0.3, 0.4) is 0 Å². The van der Waals surface area contributed by atoms with Crippen LogP contribution in [0.5, 0.6) is 0 Å². The average Bonchev–Trinajstić information content (AvgIpc) is 2.47. The van der Waals surface area contributed by atoms with E-state index in [0.29, 0.717) is 0 Å². The van der Waals surface area contributed by atoms with E-state index in [4.69, 9.17) is 0 Å². The Kier molecular flexibility index (Phi) is 2.99. The Hall–Kier alpha value is -1.16. The van der Waals surface area contributed by atoms with Crippen molar-refractivity contribution >= 4 is 6.29 Å². The summed E-state index contributed by atoms with van der Waals surface area (Å²) in [6.45, 7) is 4.54. The van der Waals surface area contributed by atoms with Gasteiger partial charge in [0.05, 0.1) is 0 Å². The highest BCUT2D eigenvalue weighted by atomic mass is 16.1. The third kappa shape index (κ3) is 1.71. The maximum atomic E-state index is 10.6. The van der Waals surface area contributed by atoms with E-state index < -0.39 is 0 Å². The van der Waals surface area contributed by atoms with Gasteiger partial charge in [0.15, 0.2) is 6.29 Å². The lowest BCUT2D eigenvalue weighted by atomic mass is 10.5. The fourth-order valence-corrected chi connectivity index (χ4v) is 1.04. The first-order valence-corrected chi connectivity index (χ1v) is 3.89. The van der Waals surface area contributed by atoms with Crippen molar-refractivity contribution in [2.45, 2.75) is 20.0 Å². The Balaban J connectivity index is 2.79. The second kappa shape index (κ2) is 4.01. The summed E-state index contributed by atoms with van der Waals surface area (Å²) < 4.78 is 1.75. The van der Waals surface area contributed by atoms with Crippen molar-refractivity contribution in [2.75, 3.05) is 6.54 Å². The number of carbonyl (C=O) groups excluding carboxylic acids is 1. The Morgan fingerprint density at radius 2 is 2.67 bits per heavy atom. The van der Waals surface area contributed by atoms with Gasteiger partial charge in [0.2, 0.25) is 0 Å². The van der Waals surface area contributed by atoms with Crippen LogP contribution in [0.1, 0.15) is 18.9 Å². The summed E-state index contributed by atoms with van der Waals surface area (Å²) >= 11 is 0. The minimum absolute atomic E-state index is 0.311. The molecular formula is C8H12N3O. The smallest absolute Gasteiger partial charge is 0.157 e. The van der Waals surface area contributed by atoms with Gasteiger partial charge in [-0.05, 0) is 13.5 Å². The Labute approximate surface area is 71.6 Å². The predicted octanol–water partition coefficient (Wildman–Crippen LogP) is 0.299. The molecule has 1 unspecified atom stereocenters. The van der Waals surface area contributed by atoms with E-state index in [1.54, 1.807) is 10.8 Å². The highest BCUT2D eigenvalue weighted by molar-refractivity contribution is 5.55. The number of aromatic nitrogens is 2. The third-order valence-corrected chi connectivity index (χ3v) is 1.64. The molecule has 0 fully saturated rings. The molecule has 0 saturated carbocycles. The molecule has 1 rings (SSSR count). The molecule has 0 amide bonds. The average molecular weight is 166 g/mol. The van der Waals surface area contributed by atoms with Gasteiger partial charge in [0.1, 0.15) is 18.2 Å². The van der Waals surface area contributed by atoms with Crippen LogP contribution in [-0.2, 0) is 4.79 Å². The second-order valence-electron chi connectivity index (χ2n) is 2.46.